The number of nitrogens with one attached hydrogen (secondary N) is 3. The maximum absolute atomic E-state index is 12.1. The zero-order valence-electron chi connectivity index (χ0n) is 13.7. The van der Waals surface area contributed by atoms with Gasteiger partial charge in [-0.15, -0.1) is 24.0 Å². The fourth-order valence-corrected chi connectivity index (χ4v) is 3.23. The molecule has 0 unspecified atom stereocenters. The summed E-state index contributed by atoms with van der Waals surface area (Å²) < 4.78 is 26.8. The fraction of sp³-hybridized carbons (Fsp3) is 0.533. The number of hydrogen-bond donors (Lipinski definition) is 3. The third-order valence-electron chi connectivity index (χ3n) is 3.24. The van der Waals surface area contributed by atoms with E-state index in [1.807, 2.05) is 26.0 Å². The molecule has 1 aliphatic rings. The molecule has 0 amide bonds. The van der Waals surface area contributed by atoms with E-state index in [0.29, 0.717) is 17.5 Å². The van der Waals surface area contributed by atoms with Crippen LogP contribution in [0.5, 0.6) is 0 Å². The average Bonchev–Trinajstić information content (AvgIpc) is 3.26. The van der Waals surface area contributed by atoms with Crippen LogP contribution in [0.15, 0.2) is 34.2 Å². The van der Waals surface area contributed by atoms with E-state index in [1.54, 1.807) is 19.2 Å². The highest BCUT2D eigenvalue weighted by Crippen LogP contribution is 2.22. The van der Waals surface area contributed by atoms with Gasteiger partial charge in [-0.2, -0.15) is 0 Å². The van der Waals surface area contributed by atoms with Gasteiger partial charge in [0.1, 0.15) is 0 Å². The lowest BCUT2D eigenvalue weighted by Crippen LogP contribution is -2.40. The molecule has 1 saturated carbocycles. The highest BCUT2D eigenvalue weighted by atomic mass is 127. The summed E-state index contributed by atoms with van der Waals surface area (Å²) in [5, 5.41) is 6.39. The van der Waals surface area contributed by atoms with Crippen LogP contribution in [0.2, 0.25) is 0 Å². The Labute approximate surface area is 155 Å². The predicted molar refractivity (Wildman–Crippen MR) is 104 cm³/mol. The van der Waals surface area contributed by atoms with Gasteiger partial charge in [-0.3, -0.25) is 4.99 Å². The number of sulfonamides is 1. The normalized spacial score (nSPS) is 15.2. The first-order chi connectivity index (χ1) is 10.4. The fourth-order valence-electron chi connectivity index (χ4n) is 1.93. The van der Waals surface area contributed by atoms with Crippen LogP contribution in [0, 0.1) is 0 Å². The Morgan fingerprint density at radius 1 is 1.26 bits per heavy atom. The molecule has 1 aromatic rings. The van der Waals surface area contributed by atoms with Crippen molar-refractivity contribution in [2.75, 3.05) is 7.05 Å². The number of aliphatic imine (C=N–C) groups is 1. The molecular weight excluding hydrogens is 427 g/mol. The van der Waals surface area contributed by atoms with E-state index in [4.69, 9.17) is 0 Å². The molecule has 0 aromatic heterocycles. The van der Waals surface area contributed by atoms with Crippen molar-refractivity contribution in [1.29, 1.82) is 0 Å². The molecule has 0 saturated heterocycles. The Balaban J connectivity index is 0.00000264. The van der Waals surface area contributed by atoms with Gasteiger partial charge in [0.2, 0.25) is 10.0 Å². The molecular formula is C15H25IN4O2S. The van der Waals surface area contributed by atoms with Crippen molar-refractivity contribution in [3.8, 4) is 0 Å². The minimum absolute atomic E-state index is 0. The first-order valence-corrected chi connectivity index (χ1v) is 8.97. The Hall–Kier alpha value is -0.870. The zero-order valence-corrected chi connectivity index (χ0v) is 16.8. The van der Waals surface area contributed by atoms with Crippen LogP contribution in [0.25, 0.3) is 0 Å². The summed E-state index contributed by atoms with van der Waals surface area (Å²) in [5.74, 6) is 0.724. The number of guanidine groups is 1. The second-order valence-electron chi connectivity index (χ2n) is 5.76. The lowest BCUT2D eigenvalue weighted by Gasteiger charge is -2.14. The average molecular weight is 452 g/mol. The monoisotopic (exact) mass is 452 g/mol. The summed E-state index contributed by atoms with van der Waals surface area (Å²) in [6.45, 7) is 4.67. The van der Waals surface area contributed by atoms with E-state index < -0.39 is 10.0 Å². The van der Waals surface area contributed by atoms with Gasteiger partial charge in [-0.25, -0.2) is 13.1 Å². The van der Waals surface area contributed by atoms with Crippen molar-refractivity contribution in [2.45, 2.75) is 50.2 Å². The van der Waals surface area contributed by atoms with Crippen molar-refractivity contribution >= 4 is 40.0 Å². The molecule has 0 radical (unpaired) electrons. The molecule has 130 valence electrons. The summed E-state index contributed by atoms with van der Waals surface area (Å²) >= 11 is 0. The maximum atomic E-state index is 12.1. The van der Waals surface area contributed by atoms with Crippen LogP contribution in [0.1, 0.15) is 32.3 Å². The van der Waals surface area contributed by atoms with Gasteiger partial charge in [-0.1, -0.05) is 12.1 Å². The Morgan fingerprint density at radius 2 is 1.87 bits per heavy atom. The second kappa shape index (κ2) is 8.84. The molecule has 6 nitrogen and oxygen atoms in total. The van der Waals surface area contributed by atoms with Gasteiger partial charge in [0.25, 0.3) is 0 Å². The summed E-state index contributed by atoms with van der Waals surface area (Å²) in [6, 6.07) is 7.33. The summed E-state index contributed by atoms with van der Waals surface area (Å²) in [5.41, 5.74) is 0.997. The van der Waals surface area contributed by atoms with E-state index in [1.165, 1.54) is 0 Å². The maximum Gasteiger partial charge on any atom is 0.240 e. The lowest BCUT2D eigenvalue weighted by atomic mass is 10.2. The summed E-state index contributed by atoms with van der Waals surface area (Å²) in [7, 11) is -1.65. The molecule has 2 rings (SSSR count). The first-order valence-electron chi connectivity index (χ1n) is 7.49. The number of benzene rings is 1. The van der Waals surface area contributed by atoms with Crippen molar-refractivity contribution in [3.05, 3.63) is 29.8 Å². The predicted octanol–water partition coefficient (Wildman–Crippen LogP) is 1.82. The van der Waals surface area contributed by atoms with Gasteiger partial charge in [0.15, 0.2) is 5.96 Å². The van der Waals surface area contributed by atoms with Crippen LogP contribution in [-0.2, 0) is 16.6 Å². The minimum atomic E-state index is -3.37. The van der Waals surface area contributed by atoms with Crippen molar-refractivity contribution in [1.82, 2.24) is 15.4 Å². The standard InChI is InChI=1S/C15H24N4O2S.HI/c1-11(2)18-15(16-3)17-10-12-4-8-14(9-5-12)22(20,21)19-13-6-7-13;/h4-5,8-9,11,13,19H,6-7,10H2,1-3H3,(H2,16,17,18);1H. The molecule has 0 aliphatic heterocycles. The van der Waals surface area contributed by atoms with Crippen LogP contribution in [-0.4, -0.2) is 33.5 Å². The largest absolute Gasteiger partial charge is 0.354 e. The second-order valence-corrected chi connectivity index (χ2v) is 7.48. The summed E-state index contributed by atoms with van der Waals surface area (Å²) in [4.78, 5) is 4.44. The summed E-state index contributed by atoms with van der Waals surface area (Å²) in [6.07, 6.45) is 1.87. The molecule has 8 heteroatoms. The van der Waals surface area contributed by atoms with Crippen LogP contribution in [0.4, 0.5) is 0 Å². The Morgan fingerprint density at radius 3 is 2.35 bits per heavy atom. The quantitative estimate of drug-likeness (QED) is 0.350. The van der Waals surface area contributed by atoms with E-state index in [0.717, 1.165) is 24.4 Å². The molecule has 23 heavy (non-hydrogen) atoms. The third kappa shape index (κ3) is 6.64. The zero-order chi connectivity index (χ0) is 16.2. The Kier molecular flexibility index (Phi) is 7.75. The minimum Gasteiger partial charge on any atom is -0.354 e. The van der Waals surface area contributed by atoms with Crippen molar-refractivity contribution in [3.63, 3.8) is 0 Å². The Bertz CT molecular complexity index is 625. The van der Waals surface area contributed by atoms with Crippen molar-refractivity contribution in [2.24, 2.45) is 4.99 Å². The molecule has 1 aliphatic carbocycles. The van der Waals surface area contributed by atoms with E-state index in [-0.39, 0.29) is 30.0 Å². The molecule has 0 atom stereocenters. The third-order valence-corrected chi connectivity index (χ3v) is 4.78. The first kappa shape index (κ1) is 20.2. The highest BCUT2D eigenvalue weighted by Gasteiger charge is 2.27. The van der Waals surface area contributed by atoms with Crippen LogP contribution < -0.4 is 15.4 Å². The topological polar surface area (TPSA) is 82.6 Å². The smallest absolute Gasteiger partial charge is 0.240 e. The van der Waals surface area contributed by atoms with Crippen LogP contribution >= 0.6 is 24.0 Å². The van der Waals surface area contributed by atoms with Crippen LogP contribution in [0.3, 0.4) is 0 Å². The van der Waals surface area contributed by atoms with Gasteiger partial charge in [0.05, 0.1) is 4.90 Å². The van der Waals surface area contributed by atoms with E-state index in [9.17, 15) is 8.42 Å². The van der Waals surface area contributed by atoms with E-state index >= 15 is 0 Å². The van der Waals surface area contributed by atoms with Crippen molar-refractivity contribution < 1.29 is 8.42 Å². The SMILES string of the molecule is CN=C(NCc1ccc(S(=O)(=O)NC2CC2)cc1)NC(C)C.I. The number of rotatable bonds is 6. The van der Waals surface area contributed by atoms with Gasteiger partial charge in [0, 0.05) is 25.7 Å². The molecule has 1 aromatic carbocycles. The molecule has 3 N–H and O–H groups in total. The van der Waals surface area contributed by atoms with E-state index in [2.05, 4.69) is 20.3 Å². The lowest BCUT2D eigenvalue weighted by molar-refractivity contribution is 0.581. The molecule has 0 bridgehead atoms. The van der Waals surface area contributed by atoms with Gasteiger partial charge in [-0.05, 0) is 44.4 Å². The molecule has 1 fully saturated rings. The highest BCUT2D eigenvalue weighted by molar-refractivity contribution is 14.0. The van der Waals surface area contributed by atoms with Gasteiger partial charge >= 0.3 is 0 Å². The number of halogens is 1. The number of hydrogen-bond acceptors (Lipinski definition) is 3. The van der Waals surface area contributed by atoms with Gasteiger partial charge < -0.3 is 10.6 Å². The number of nitrogens with zero attached hydrogens (tertiary/aromatic N) is 1. The molecule has 0 spiro atoms. The molecule has 0 heterocycles.